The van der Waals surface area contributed by atoms with Gasteiger partial charge in [0.2, 0.25) is 5.91 Å². The molecule has 1 atom stereocenters. The van der Waals surface area contributed by atoms with Crippen molar-refractivity contribution in [3.63, 3.8) is 0 Å². The summed E-state index contributed by atoms with van der Waals surface area (Å²) in [6.45, 7) is -0.214. The molecule has 9 heteroatoms. The van der Waals surface area contributed by atoms with Crippen LogP contribution in [0.25, 0.3) is 10.8 Å². The predicted molar refractivity (Wildman–Crippen MR) is 118 cm³/mol. The number of benzene rings is 2. The van der Waals surface area contributed by atoms with Gasteiger partial charge < -0.3 is 24.3 Å². The third kappa shape index (κ3) is 3.70. The van der Waals surface area contributed by atoms with E-state index in [-0.39, 0.29) is 18.5 Å². The van der Waals surface area contributed by atoms with Crippen molar-refractivity contribution in [1.82, 2.24) is 15.1 Å². The molecule has 0 aliphatic heterocycles. The number of fused-ring (bicyclic) bond motifs is 2. The van der Waals surface area contributed by atoms with Crippen LogP contribution >= 0.6 is 0 Å². The van der Waals surface area contributed by atoms with Crippen LogP contribution in [0.2, 0.25) is 0 Å². The maximum Gasteiger partial charge on any atom is 0.279 e. The minimum Gasteiger partial charge on any atom is -0.493 e. The molecule has 0 bridgehead atoms. The zero-order valence-corrected chi connectivity index (χ0v) is 18.4. The summed E-state index contributed by atoms with van der Waals surface area (Å²) in [4.78, 5) is 25.9. The average molecular weight is 439 g/mol. The lowest BCUT2D eigenvalue weighted by Gasteiger charge is -2.17. The van der Waals surface area contributed by atoms with Gasteiger partial charge in [-0.25, -0.2) is 4.68 Å². The highest BCUT2D eigenvalue weighted by atomic mass is 16.5. The highest BCUT2D eigenvalue weighted by molar-refractivity contribution is 5.89. The van der Waals surface area contributed by atoms with Crippen molar-refractivity contribution < 1.29 is 23.7 Å². The molecule has 168 valence electrons. The molecule has 1 N–H and O–H groups in total. The van der Waals surface area contributed by atoms with Crippen LogP contribution in [0.5, 0.6) is 23.0 Å². The van der Waals surface area contributed by atoms with Crippen molar-refractivity contribution in [3.8, 4) is 23.0 Å². The summed E-state index contributed by atoms with van der Waals surface area (Å²) in [5.74, 6) is 1.72. The quantitative estimate of drug-likeness (QED) is 0.602. The van der Waals surface area contributed by atoms with Crippen LogP contribution in [0.3, 0.4) is 0 Å². The van der Waals surface area contributed by atoms with E-state index >= 15 is 0 Å². The van der Waals surface area contributed by atoms with Crippen molar-refractivity contribution in [3.05, 3.63) is 51.9 Å². The summed E-state index contributed by atoms with van der Waals surface area (Å²) in [5.41, 5.74) is 1.67. The molecule has 9 nitrogen and oxygen atoms in total. The molecule has 32 heavy (non-hydrogen) atoms. The topological polar surface area (TPSA) is 101 Å². The minimum absolute atomic E-state index is 0.178. The molecule has 0 fully saturated rings. The fraction of sp³-hybridized carbons (Fsp3) is 0.348. The second-order valence-electron chi connectivity index (χ2n) is 7.44. The van der Waals surface area contributed by atoms with Crippen LogP contribution in [-0.2, 0) is 17.8 Å². The van der Waals surface area contributed by atoms with E-state index in [1.54, 1.807) is 26.4 Å². The number of nitrogens with zero attached hydrogens (tertiary/aromatic N) is 2. The van der Waals surface area contributed by atoms with E-state index in [9.17, 15) is 9.59 Å². The first-order valence-corrected chi connectivity index (χ1v) is 10.2. The van der Waals surface area contributed by atoms with Gasteiger partial charge in [-0.05, 0) is 48.2 Å². The first-order valence-electron chi connectivity index (χ1n) is 10.2. The zero-order valence-electron chi connectivity index (χ0n) is 18.4. The zero-order chi connectivity index (χ0) is 22.8. The lowest BCUT2D eigenvalue weighted by molar-refractivity contribution is -0.122. The van der Waals surface area contributed by atoms with Crippen molar-refractivity contribution in [1.29, 1.82) is 0 Å². The number of hydrogen-bond acceptors (Lipinski definition) is 7. The van der Waals surface area contributed by atoms with E-state index in [4.69, 9.17) is 18.9 Å². The molecule has 1 heterocycles. The van der Waals surface area contributed by atoms with E-state index in [0.717, 1.165) is 28.7 Å². The smallest absolute Gasteiger partial charge is 0.279 e. The van der Waals surface area contributed by atoms with Gasteiger partial charge in [-0.2, -0.15) is 5.10 Å². The molecule has 0 unspecified atom stereocenters. The Balaban J connectivity index is 1.59. The lowest BCUT2D eigenvalue weighted by atomic mass is 10.1. The first-order chi connectivity index (χ1) is 15.5. The molecule has 4 rings (SSSR count). The molecule has 2 aromatic carbocycles. The number of methoxy groups -OCH3 is 4. The highest BCUT2D eigenvalue weighted by Crippen LogP contribution is 2.39. The molecular weight excluding hydrogens is 414 g/mol. The summed E-state index contributed by atoms with van der Waals surface area (Å²) in [6, 6.07) is 7.09. The Bertz CT molecular complexity index is 1240. The largest absolute Gasteiger partial charge is 0.493 e. The Morgan fingerprint density at radius 3 is 2.47 bits per heavy atom. The molecule has 1 aliphatic rings. The number of rotatable bonds is 7. The fourth-order valence-corrected chi connectivity index (χ4v) is 4.16. The molecule has 1 amide bonds. The number of amides is 1. The van der Waals surface area contributed by atoms with Gasteiger partial charge in [0.1, 0.15) is 6.54 Å². The number of carbonyl (C=O) groups excluding carboxylic acids is 1. The van der Waals surface area contributed by atoms with Gasteiger partial charge in [-0.15, -0.1) is 0 Å². The van der Waals surface area contributed by atoms with Gasteiger partial charge in [-0.1, -0.05) is 0 Å². The Labute approximate surface area is 184 Å². The Morgan fingerprint density at radius 1 is 1.06 bits per heavy atom. The molecule has 0 saturated heterocycles. The number of carbonyl (C=O) groups is 1. The molecule has 0 spiro atoms. The molecule has 1 aliphatic carbocycles. The summed E-state index contributed by atoms with van der Waals surface area (Å²) in [6.07, 6.45) is 3.10. The van der Waals surface area contributed by atoms with Crippen LogP contribution in [0.1, 0.15) is 23.6 Å². The van der Waals surface area contributed by atoms with Crippen LogP contribution in [-0.4, -0.2) is 44.1 Å². The average Bonchev–Trinajstić information content (AvgIpc) is 3.20. The van der Waals surface area contributed by atoms with E-state index < -0.39 is 5.56 Å². The highest BCUT2D eigenvalue weighted by Gasteiger charge is 2.27. The Morgan fingerprint density at radius 2 is 1.78 bits per heavy atom. The SMILES string of the molecule is COc1cc2c(cc1OC)[C@@H](NC(=O)Cn1ncc3ccc(OC)c(OC)c3c1=O)CC2. The summed E-state index contributed by atoms with van der Waals surface area (Å²) >= 11 is 0. The Kier molecular flexibility index (Phi) is 5.89. The third-order valence-corrected chi connectivity index (χ3v) is 5.71. The fourth-order valence-electron chi connectivity index (χ4n) is 4.16. The van der Waals surface area contributed by atoms with E-state index in [1.807, 2.05) is 12.1 Å². The monoisotopic (exact) mass is 439 g/mol. The summed E-state index contributed by atoms with van der Waals surface area (Å²) in [7, 11) is 6.14. The van der Waals surface area contributed by atoms with Gasteiger partial charge in [0.05, 0.1) is 46.1 Å². The van der Waals surface area contributed by atoms with E-state index in [2.05, 4.69) is 10.4 Å². The van der Waals surface area contributed by atoms with Gasteiger partial charge in [0.15, 0.2) is 23.0 Å². The van der Waals surface area contributed by atoms with Crippen molar-refractivity contribution in [2.45, 2.75) is 25.4 Å². The van der Waals surface area contributed by atoms with Crippen LogP contribution in [0, 0.1) is 0 Å². The number of nitrogens with one attached hydrogen (secondary N) is 1. The first kappa shape index (κ1) is 21.5. The lowest BCUT2D eigenvalue weighted by Crippen LogP contribution is -2.35. The minimum atomic E-state index is -0.424. The van der Waals surface area contributed by atoms with E-state index in [0.29, 0.717) is 33.8 Å². The molecular formula is C23H25N3O6. The standard InChI is InChI=1S/C23H25N3O6/c1-29-17-8-6-14-11-24-26(23(28)21(14)22(17)32-4)12-20(27)25-16-7-5-13-9-18(30-2)19(31-3)10-15(13)16/h6,8-11,16H,5,7,12H2,1-4H3,(H,25,27)/t16-/m0/s1. The number of ether oxygens (including phenoxy) is 4. The van der Waals surface area contributed by atoms with Crippen LogP contribution in [0.4, 0.5) is 0 Å². The van der Waals surface area contributed by atoms with E-state index in [1.165, 1.54) is 20.4 Å². The Hall–Kier alpha value is -3.75. The third-order valence-electron chi connectivity index (χ3n) is 5.71. The summed E-state index contributed by atoms with van der Waals surface area (Å²) < 4.78 is 22.6. The number of aryl methyl sites for hydroxylation is 1. The predicted octanol–water partition coefficient (Wildman–Crippen LogP) is 2.23. The number of aromatic nitrogens is 2. The molecule has 0 saturated carbocycles. The number of hydrogen-bond donors (Lipinski definition) is 1. The van der Waals surface area contributed by atoms with Gasteiger partial charge in [0.25, 0.3) is 5.56 Å². The molecule has 1 aromatic heterocycles. The normalized spacial score (nSPS) is 14.7. The maximum absolute atomic E-state index is 13.1. The molecule has 3 aromatic rings. The molecule has 0 radical (unpaired) electrons. The maximum atomic E-state index is 13.1. The van der Waals surface area contributed by atoms with Gasteiger partial charge >= 0.3 is 0 Å². The second kappa shape index (κ2) is 8.78. The van der Waals surface area contributed by atoms with Gasteiger partial charge in [-0.3, -0.25) is 9.59 Å². The van der Waals surface area contributed by atoms with Gasteiger partial charge in [0, 0.05) is 5.39 Å². The van der Waals surface area contributed by atoms with Crippen LogP contribution in [0.15, 0.2) is 35.3 Å². The second-order valence-corrected chi connectivity index (χ2v) is 7.44. The van der Waals surface area contributed by atoms with Crippen molar-refractivity contribution in [2.75, 3.05) is 28.4 Å². The van der Waals surface area contributed by atoms with Crippen molar-refractivity contribution in [2.24, 2.45) is 0 Å². The van der Waals surface area contributed by atoms with Crippen LogP contribution < -0.4 is 29.8 Å². The summed E-state index contributed by atoms with van der Waals surface area (Å²) in [5, 5.41) is 8.09. The van der Waals surface area contributed by atoms with Crippen molar-refractivity contribution >= 4 is 16.7 Å².